The number of thioether (sulfide) groups is 1. The SMILES string of the molecule is Cc1cc(NCCn2cc(C(=O)N3CCSCC3)nn2)c2ccccc2n1. The number of para-hydroxylation sites is 1. The van der Waals surface area contributed by atoms with Crippen LogP contribution in [0.3, 0.4) is 0 Å². The molecule has 0 aliphatic carbocycles. The molecule has 3 aromatic rings. The topological polar surface area (TPSA) is 75.9 Å². The van der Waals surface area contributed by atoms with Crippen LogP contribution in [0.4, 0.5) is 5.69 Å². The lowest BCUT2D eigenvalue weighted by Crippen LogP contribution is -2.38. The summed E-state index contributed by atoms with van der Waals surface area (Å²) in [6.45, 7) is 4.88. The smallest absolute Gasteiger partial charge is 0.276 e. The van der Waals surface area contributed by atoms with Gasteiger partial charge in [0, 0.05) is 47.9 Å². The van der Waals surface area contributed by atoms with Crippen LogP contribution in [0.5, 0.6) is 0 Å². The minimum absolute atomic E-state index is 0.0229. The third-order valence-electron chi connectivity index (χ3n) is 4.56. The van der Waals surface area contributed by atoms with Gasteiger partial charge in [0.2, 0.25) is 0 Å². The summed E-state index contributed by atoms with van der Waals surface area (Å²) in [5.74, 6) is 1.96. The van der Waals surface area contributed by atoms with Crippen molar-refractivity contribution in [3.8, 4) is 0 Å². The number of carbonyl (C=O) groups excluding carboxylic acids is 1. The highest BCUT2D eigenvalue weighted by atomic mass is 32.2. The van der Waals surface area contributed by atoms with Crippen molar-refractivity contribution in [3.05, 3.63) is 47.9 Å². The third-order valence-corrected chi connectivity index (χ3v) is 5.50. The number of hydrogen-bond acceptors (Lipinski definition) is 6. The molecule has 0 saturated carbocycles. The predicted octanol–water partition coefficient (Wildman–Crippen LogP) is 2.44. The summed E-state index contributed by atoms with van der Waals surface area (Å²) in [5, 5.41) is 12.7. The van der Waals surface area contributed by atoms with E-state index < -0.39 is 0 Å². The zero-order valence-corrected chi connectivity index (χ0v) is 16.1. The number of aryl methyl sites for hydroxylation is 1. The van der Waals surface area contributed by atoms with E-state index in [9.17, 15) is 4.79 Å². The number of carbonyl (C=O) groups is 1. The Balaban J connectivity index is 1.39. The lowest BCUT2D eigenvalue weighted by atomic mass is 10.1. The average Bonchev–Trinajstić information content (AvgIpc) is 3.17. The van der Waals surface area contributed by atoms with Gasteiger partial charge >= 0.3 is 0 Å². The number of rotatable bonds is 5. The minimum atomic E-state index is -0.0229. The Hall–Kier alpha value is -2.61. The van der Waals surface area contributed by atoms with E-state index in [2.05, 4.69) is 26.7 Å². The first-order valence-electron chi connectivity index (χ1n) is 9.08. The number of amides is 1. The maximum Gasteiger partial charge on any atom is 0.276 e. The lowest BCUT2D eigenvalue weighted by molar-refractivity contribution is 0.0766. The van der Waals surface area contributed by atoms with E-state index in [4.69, 9.17) is 0 Å². The Labute approximate surface area is 162 Å². The number of aromatic nitrogens is 4. The van der Waals surface area contributed by atoms with Gasteiger partial charge in [-0.05, 0) is 19.1 Å². The number of nitrogens with zero attached hydrogens (tertiary/aromatic N) is 5. The fraction of sp³-hybridized carbons (Fsp3) is 0.368. The van der Waals surface area contributed by atoms with E-state index in [0.717, 1.165) is 46.9 Å². The second-order valence-electron chi connectivity index (χ2n) is 6.53. The van der Waals surface area contributed by atoms with Gasteiger partial charge in [0.1, 0.15) is 0 Å². The monoisotopic (exact) mass is 382 g/mol. The van der Waals surface area contributed by atoms with E-state index in [1.807, 2.05) is 47.9 Å². The number of nitrogens with one attached hydrogen (secondary N) is 1. The second-order valence-corrected chi connectivity index (χ2v) is 7.75. The molecular formula is C19H22N6OS. The van der Waals surface area contributed by atoms with Crippen LogP contribution in [0.2, 0.25) is 0 Å². The van der Waals surface area contributed by atoms with Crippen molar-refractivity contribution in [2.45, 2.75) is 13.5 Å². The molecule has 0 bridgehead atoms. The van der Waals surface area contributed by atoms with Crippen LogP contribution in [0.15, 0.2) is 36.5 Å². The first-order chi connectivity index (χ1) is 13.2. The van der Waals surface area contributed by atoms with Gasteiger partial charge in [0.15, 0.2) is 5.69 Å². The molecule has 2 aromatic heterocycles. The fourth-order valence-electron chi connectivity index (χ4n) is 3.19. The highest BCUT2D eigenvalue weighted by Crippen LogP contribution is 2.22. The minimum Gasteiger partial charge on any atom is -0.383 e. The number of pyridine rings is 1. The molecular weight excluding hydrogens is 360 g/mol. The number of hydrogen-bond donors (Lipinski definition) is 1. The normalized spacial score (nSPS) is 14.5. The summed E-state index contributed by atoms with van der Waals surface area (Å²) in [6.07, 6.45) is 1.74. The summed E-state index contributed by atoms with van der Waals surface area (Å²) >= 11 is 1.88. The van der Waals surface area contributed by atoms with Gasteiger partial charge in [-0.1, -0.05) is 23.4 Å². The van der Waals surface area contributed by atoms with Gasteiger partial charge in [-0.2, -0.15) is 11.8 Å². The van der Waals surface area contributed by atoms with Crippen molar-refractivity contribution < 1.29 is 4.79 Å². The molecule has 1 fully saturated rings. The molecule has 7 nitrogen and oxygen atoms in total. The molecule has 3 heterocycles. The molecule has 1 aromatic carbocycles. The summed E-state index contributed by atoms with van der Waals surface area (Å²) < 4.78 is 1.72. The Bertz CT molecular complexity index is 950. The first kappa shape index (κ1) is 17.8. The van der Waals surface area contributed by atoms with E-state index in [0.29, 0.717) is 18.8 Å². The van der Waals surface area contributed by atoms with Gasteiger partial charge in [-0.25, -0.2) is 4.68 Å². The fourth-order valence-corrected chi connectivity index (χ4v) is 4.10. The molecule has 4 rings (SSSR count). The van der Waals surface area contributed by atoms with E-state index >= 15 is 0 Å². The Morgan fingerprint density at radius 3 is 2.93 bits per heavy atom. The molecule has 1 saturated heterocycles. The number of benzene rings is 1. The Kier molecular flexibility index (Phi) is 5.24. The van der Waals surface area contributed by atoms with E-state index in [1.165, 1.54) is 0 Å². The molecule has 1 aliphatic heterocycles. The maximum atomic E-state index is 12.5. The highest BCUT2D eigenvalue weighted by molar-refractivity contribution is 7.99. The summed E-state index contributed by atoms with van der Waals surface area (Å²) in [5.41, 5.74) is 3.44. The molecule has 27 heavy (non-hydrogen) atoms. The van der Waals surface area contributed by atoms with Crippen molar-refractivity contribution in [2.75, 3.05) is 36.5 Å². The van der Waals surface area contributed by atoms with Crippen molar-refractivity contribution in [1.29, 1.82) is 0 Å². The van der Waals surface area contributed by atoms with Crippen LogP contribution in [0.1, 0.15) is 16.2 Å². The number of fused-ring (bicyclic) bond motifs is 1. The largest absolute Gasteiger partial charge is 0.383 e. The molecule has 8 heteroatoms. The quantitative estimate of drug-likeness (QED) is 0.730. The van der Waals surface area contributed by atoms with Gasteiger partial charge < -0.3 is 10.2 Å². The molecule has 140 valence electrons. The Morgan fingerprint density at radius 2 is 2.07 bits per heavy atom. The van der Waals surface area contributed by atoms with Crippen molar-refractivity contribution >= 4 is 34.3 Å². The van der Waals surface area contributed by atoms with Crippen molar-refractivity contribution in [1.82, 2.24) is 24.9 Å². The first-order valence-corrected chi connectivity index (χ1v) is 10.2. The third kappa shape index (κ3) is 4.05. The van der Waals surface area contributed by atoms with Crippen LogP contribution in [0.25, 0.3) is 10.9 Å². The summed E-state index contributed by atoms with van der Waals surface area (Å²) in [6, 6.07) is 10.1. The molecule has 0 unspecified atom stereocenters. The average molecular weight is 382 g/mol. The molecule has 1 amide bonds. The molecule has 0 atom stereocenters. The van der Waals surface area contributed by atoms with Crippen LogP contribution in [-0.4, -0.2) is 61.9 Å². The highest BCUT2D eigenvalue weighted by Gasteiger charge is 2.21. The molecule has 1 N–H and O–H groups in total. The predicted molar refractivity (Wildman–Crippen MR) is 108 cm³/mol. The van der Waals surface area contributed by atoms with Gasteiger partial charge in [-0.3, -0.25) is 9.78 Å². The molecule has 0 radical (unpaired) electrons. The van der Waals surface area contributed by atoms with Gasteiger partial charge in [-0.15, -0.1) is 5.10 Å². The summed E-state index contributed by atoms with van der Waals surface area (Å²) in [7, 11) is 0. The van der Waals surface area contributed by atoms with E-state index in [-0.39, 0.29) is 5.91 Å². The van der Waals surface area contributed by atoms with Gasteiger partial charge in [0.25, 0.3) is 5.91 Å². The van der Waals surface area contributed by atoms with Crippen molar-refractivity contribution in [3.63, 3.8) is 0 Å². The standard InChI is InChI=1S/C19H22N6OS/c1-14-12-17(15-4-2-3-5-16(15)21-14)20-6-7-25-13-18(22-23-25)19(26)24-8-10-27-11-9-24/h2-5,12-13H,6-11H2,1H3,(H,20,21). The van der Waals surface area contributed by atoms with Crippen LogP contribution in [-0.2, 0) is 6.54 Å². The Morgan fingerprint density at radius 1 is 1.26 bits per heavy atom. The second kappa shape index (κ2) is 7.96. The van der Waals surface area contributed by atoms with Crippen LogP contribution < -0.4 is 5.32 Å². The zero-order chi connectivity index (χ0) is 18.6. The van der Waals surface area contributed by atoms with Gasteiger partial charge in [0.05, 0.1) is 18.3 Å². The maximum absolute atomic E-state index is 12.5. The van der Waals surface area contributed by atoms with Crippen LogP contribution >= 0.6 is 11.8 Å². The molecule has 1 aliphatic rings. The van der Waals surface area contributed by atoms with Crippen LogP contribution in [0, 0.1) is 6.92 Å². The zero-order valence-electron chi connectivity index (χ0n) is 15.3. The van der Waals surface area contributed by atoms with Crippen molar-refractivity contribution in [2.24, 2.45) is 0 Å². The number of anilines is 1. The summed E-state index contributed by atoms with van der Waals surface area (Å²) in [4.78, 5) is 18.9. The molecule has 0 spiro atoms. The van der Waals surface area contributed by atoms with E-state index in [1.54, 1.807) is 10.9 Å². The lowest BCUT2D eigenvalue weighted by Gasteiger charge is -2.25.